The summed E-state index contributed by atoms with van der Waals surface area (Å²) in [6.45, 7) is 0.740. The number of nitrogens with one attached hydrogen (secondary N) is 1. The van der Waals surface area contributed by atoms with Gasteiger partial charge in [-0.25, -0.2) is 4.98 Å². The summed E-state index contributed by atoms with van der Waals surface area (Å²) in [7, 11) is 0. The van der Waals surface area contributed by atoms with Gasteiger partial charge in [0.05, 0.1) is 35.2 Å². The van der Waals surface area contributed by atoms with E-state index in [0.29, 0.717) is 0 Å². The average Bonchev–Trinajstić information content (AvgIpc) is 2.89. The first-order valence-corrected chi connectivity index (χ1v) is 6.32. The Hall–Kier alpha value is -1.94. The Labute approximate surface area is 103 Å². The number of benzene rings is 1. The molecular weight excluding hydrogens is 230 g/mol. The number of thiazole rings is 1. The molecule has 2 heterocycles. The molecule has 0 aliphatic rings. The van der Waals surface area contributed by atoms with Crippen LogP contribution in [0.25, 0.3) is 10.9 Å². The normalized spacial score (nSPS) is 10.6. The predicted octanol–water partition coefficient (Wildman–Crippen LogP) is 3.30. The summed E-state index contributed by atoms with van der Waals surface area (Å²) in [5.74, 6) is 0. The van der Waals surface area contributed by atoms with Gasteiger partial charge in [0.1, 0.15) is 0 Å². The largest absolute Gasteiger partial charge is 0.378 e. The lowest BCUT2D eigenvalue weighted by atomic mass is 10.2. The number of rotatable bonds is 3. The Morgan fingerprint density at radius 2 is 2.12 bits per heavy atom. The van der Waals surface area contributed by atoms with E-state index in [1.54, 1.807) is 11.3 Å². The lowest BCUT2D eigenvalue weighted by Crippen LogP contribution is -1.99. The Morgan fingerprint density at radius 3 is 3.00 bits per heavy atom. The molecule has 0 aliphatic heterocycles. The molecule has 1 N–H and O–H groups in total. The van der Waals surface area contributed by atoms with Crippen molar-refractivity contribution in [3.8, 4) is 0 Å². The Morgan fingerprint density at radius 1 is 1.18 bits per heavy atom. The van der Waals surface area contributed by atoms with Crippen molar-refractivity contribution in [2.75, 3.05) is 5.32 Å². The van der Waals surface area contributed by atoms with Gasteiger partial charge in [0.15, 0.2) is 0 Å². The van der Waals surface area contributed by atoms with Crippen molar-refractivity contribution in [3.05, 3.63) is 53.1 Å². The van der Waals surface area contributed by atoms with Crippen LogP contribution in [-0.2, 0) is 6.54 Å². The summed E-state index contributed by atoms with van der Waals surface area (Å²) in [5.41, 5.74) is 4.95. The second-order valence-electron chi connectivity index (χ2n) is 3.75. The van der Waals surface area contributed by atoms with E-state index in [2.05, 4.69) is 27.4 Å². The first-order chi connectivity index (χ1) is 8.42. The predicted molar refractivity (Wildman–Crippen MR) is 71.2 cm³/mol. The van der Waals surface area contributed by atoms with Crippen molar-refractivity contribution >= 4 is 27.9 Å². The number of para-hydroxylation sites is 1. The summed E-state index contributed by atoms with van der Waals surface area (Å²) in [5, 5.41) is 6.51. The number of anilines is 1. The minimum Gasteiger partial charge on any atom is -0.378 e. The zero-order chi connectivity index (χ0) is 11.5. The van der Waals surface area contributed by atoms with Crippen LogP contribution in [0.3, 0.4) is 0 Å². The second kappa shape index (κ2) is 4.51. The third-order valence-corrected chi connectivity index (χ3v) is 3.18. The molecule has 3 rings (SSSR count). The van der Waals surface area contributed by atoms with Gasteiger partial charge < -0.3 is 5.32 Å². The molecular formula is C13H11N3S. The fourth-order valence-electron chi connectivity index (χ4n) is 1.69. The number of nitrogens with zero attached hydrogens (tertiary/aromatic N) is 2. The van der Waals surface area contributed by atoms with Crippen molar-refractivity contribution in [2.24, 2.45) is 0 Å². The van der Waals surface area contributed by atoms with Gasteiger partial charge in [-0.2, -0.15) is 0 Å². The standard InChI is InChI=1S/C13H11N3S/c1-2-4-13-10(3-1)5-11(6-15-13)14-7-12-8-17-9-16-12/h1-6,8-9,14H,7H2. The first-order valence-electron chi connectivity index (χ1n) is 5.37. The Balaban J connectivity index is 1.81. The van der Waals surface area contributed by atoms with Crippen molar-refractivity contribution in [3.63, 3.8) is 0 Å². The zero-order valence-corrected chi connectivity index (χ0v) is 9.95. The van der Waals surface area contributed by atoms with E-state index in [1.807, 2.05) is 35.3 Å². The molecule has 0 fully saturated rings. The van der Waals surface area contributed by atoms with Gasteiger partial charge >= 0.3 is 0 Å². The maximum absolute atomic E-state index is 4.40. The second-order valence-corrected chi connectivity index (χ2v) is 4.47. The van der Waals surface area contributed by atoms with Crippen LogP contribution in [0.4, 0.5) is 5.69 Å². The van der Waals surface area contributed by atoms with Crippen LogP contribution in [0.5, 0.6) is 0 Å². The van der Waals surface area contributed by atoms with Crippen LogP contribution in [-0.4, -0.2) is 9.97 Å². The van der Waals surface area contributed by atoms with Gasteiger partial charge in [-0.1, -0.05) is 18.2 Å². The zero-order valence-electron chi connectivity index (χ0n) is 9.13. The topological polar surface area (TPSA) is 37.8 Å². The smallest absolute Gasteiger partial charge is 0.0795 e. The molecule has 0 aliphatic carbocycles. The maximum Gasteiger partial charge on any atom is 0.0795 e. The Kier molecular flexibility index (Phi) is 2.71. The molecule has 0 spiro atoms. The molecule has 84 valence electrons. The summed E-state index contributed by atoms with van der Waals surface area (Å²) in [6.07, 6.45) is 1.86. The van der Waals surface area contributed by atoms with Crippen molar-refractivity contribution < 1.29 is 0 Å². The van der Waals surface area contributed by atoms with Crippen LogP contribution in [0, 0.1) is 0 Å². The third-order valence-electron chi connectivity index (χ3n) is 2.55. The lowest BCUT2D eigenvalue weighted by molar-refractivity contribution is 1.07. The van der Waals surface area contributed by atoms with E-state index in [4.69, 9.17) is 0 Å². The van der Waals surface area contributed by atoms with Crippen molar-refractivity contribution in [1.82, 2.24) is 9.97 Å². The fraction of sp³-hybridized carbons (Fsp3) is 0.0769. The van der Waals surface area contributed by atoms with Gasteiger partial charge in [0.25, 0.3) is 0 Å². The highest BCUT2D eigenvalue weighted by molar-refractivity contribution is 7.07. The van der Waals surface area contributed by atoms with Gasteiger partial charge in [-0.3, -0.25) is 4.98 Å². The number of hydrogen-bond donors (Lipinski definition) is 1. The molecule has 17 heavy (non-hydrogen) atoms. The number of aromatic nitrogens is 2. The summed E-state index contributed by atoms with van der Waals surface area (Å²) in [6, 6.07) is 10.2. The summed E-state index contributed by atoms with van der Waals surface area (Å²) < 4.78 is 0. The lowest BCUT2D eigenvalue weighted by Gasteiger charge is -2.05. The first kappa shape index (κ1) is 10.2. The van der Waals surface area contributed by atoms with E-state index >= 15 is 0 Å². The van der Waals surface area contributed by atoms with E-state index < -0.39 is 0 Å². The number of pyridine rings is 1. The van der Waals surface area contributed by atoms with Gasteiger partial charge in [-0.05, 0) is 12.1 Å². The number of hydrogen-bond acceptors (Lipinski definition) is 4. The summed E-state index contributed by atoms with van der Waals surface area (Å²) >= 11 is 1.61. The molecule has 2 aromatic heterocycles. The average molecular weight is 241 g/mol. The van der Waals surface area contributed by atoms with E-state index in [9.17, 15) is 0 Å². The maximum atomic E-state index is 4.40. The molecule has 3 nitrogen and oxygen atoms in total. The van der Waals surface area contributed by atoms with Crippen molar-refractivity contribution in [2.45, 2.75) is 6.54 Å². The fourth-order valence-corrected chi connectivity index (χ4v) is 2.24. The van der Waals surface area contributed by atoms with Crippen molar-refractivity contribution in [1.29, 1.82) is 0 Å². The monoisotopic (exact) mass is 241 g/mol. The molecule has 1 aromatic carbocycles. The van der Waals surface area contributed by atoms with Crippen LogP contribution in [0.2, 0.25) is 0 Å². The Bertz CT molecular complexity index is 619. The van der Waals surface area contributed by atoms with E-state index in [-0.39, 0.29) is 0 Å². The molecule has 0 amide bonds. The van der Waals surface area contributed by atoms with Crippen LogP contribution < -0.4 is 5.32 Å². The van der Waals surface area contributed by atoms with E-state index in [1.165, 1.54) is 0 Å². The minimum absolute atomic E-state index is 0.740. The third kappa shape index (κ3) is 2.26. The van der Waals surface area contributed by atoms with Gasteiger partial charge in [-0.15, -0.1) is 11.3 Å². The molecule has 0 atom stereocenters. The molecule has 3 aromatic rings. The minimum atomic E-state index is 0.740. The van der Waals surface area contributed by atoms with Gasteiger partial charge in [0.2, 0.25) is 0 Å². The summed E-state index contributed by atoms with van der Waals surface area (Å²) in [4.78, 5) is 8.63. The molecule has 0 unspecified atom stereocenters. The van der Waals surface area contributed by atoms with Crippen LogP contribution in [0.1, 0.15) is 5.69 Å². The highest BCUT2D eigenvalue weighted by atomic mass is 32.1. The molecule has 0 radical (unpaired) electrons. The molecule has 0 bridgehead atoms. The van der Waals surface area contributed by atoms with E-state index in [0.717, 1.165) is 28.8 Å². The highest BCUT2D eigenvalue weighted by Crippen LogP contribution is 2.16. The molecule has 0 saturated heterocycles. The number of fused-ring (bicyclic) bond motifs is 1. The van der Waals surface area contributed by atoms with Gasteiger partial charge in [0, 0.05) is 10.8 Å². The molecule has 0 saturated carbocycles. The van der Waals surface area contributed by atoms with Crippen LogP contribution in [0.15, 0.2) is 47.4 Å². The SMILES string of the molecule is c1ccc2ncc(NCc3cscn3)cc2c1. The van der Waals surface area contributed by atoms with Crippen LogP contribution >= 0.6 is 11.3 Å². The quantitative estimate of drug-likeness (QED) is 0.764. The molecule has 4 heteroatoms. The highest BCUT2D eigenvalue weighted by Gasteiger charge is 1.98.